The van der Waals surface area contributed by atoms with E-state index in [1.807, 2.05) is 12.1 Å². The van der Waals surface area contributed by atoms with Crippen molar-refractivity contribution in [3.63, 3.8) is 0 Å². The highest BCUT2D eigenvalue weighted by Gasteiger charge is 2.09. The number of benzene rings is 1. The SMILES string of the molecule is Cc1cccc2[nH]c(CN=C(N)NCCCN3CCOCC3)nc12. The number of aromatic nitrogens is 2. The van der Waals surface area contributed by atoms with Gasteiger partial charge in [0, 0.05) is 19.6 Å². The Kier molecular flexibility index (Phi) is 5.66. The Hall–Kier alpha value is -2.12. The molecule has 130 valence electrons. The average molecular weight is 330 g/mol. The molecule has 0 aliphatic carbocycles. The van der Waals surface area contributed by atoms with Gasteiger partial charge in [-0.1, -0.05) is 12.1 Å². The van der Waals surface area contributed by atoms with E-state index in [2.05, 4.69) is 38.2 Å². The first-order valence-electron chi connectivity index (χ1n) is 8.50. The summed E-state index contributed by atoms with van der Waals surface area (Å²) in [5, 5.41) is 3.17. The van der Waals surface area contributed by atoms with Crippen molar-refractivity contribution >= 4 is 17.0 Å². The predicted octanol–water partition coefficient (Wildman–Crippen LogP) is 0.998. The lowest BCUT2D eigenvalue weighted by Gasteiger charge is -2.26. The average Bonchev–Trinajstić information content (AvgIpc) is 3.02. The van der Waals surface area contributed by atoms with E-state index in [1.165, 1.54) is 0 Å². The molecule has 4 N–H and O–H groups in total. The van der Waals surface area contributed by atoms with Gasteiger partial charge in [0.25, 0.3) is 0 Å². The molecule has 24 heavy (non-hydrogen) atoms. The molecule has 0 radical (unpaired) electrons. The number of fused-ring (bicyclic) bond motifs is 1. The van der Waals surface area contributed by atoms with Crippen LogP contribution in [-0.4, -0.2) is 60.2 Å². The van der Waals surface area contributed by atoms with Crippen LogP contribution in [0.4, 0.5) is 0 Å². The van der Waals surface area contributed by atoms with Gasteiger partial charge in [0.2, 0.25) is 0 Å². The van der Waals surface area contributed by atoms with Crippen molar-refractivity contribution in [3.8, 4) is 0 Å². The van der Waals surface area contributed by atoms with Gasteiger partial charge in [0.1, 0.15) is 12.4 Å². The number of nitrogens with zero attached hydrogens (tertiary/aromatic N) is 3. The number of aryl methyl sites for hydroxylation is 1. The van der Waals surface area contributed by atoms with Crippen LogP contribution in [0.2, 0.25) is 0 Å². The number of nitrogens with one attached hydrogen (secondary N) is 2. The number of ether oxygens (including phenoxy) is 1. The third-order valence-electron chi connectivity index (χ3n) is 4.22. The molecule has 0 spiro atoms. The molecule has 1 aliphatic heterocycles. The highest BCUT2D eigenvalue weighted by molar-refractivity contribution is 5.79. The van der Waals surface area contributed by atoms with Crippen molar-refractivity contribution in [2.45, 2.75) is 19.9 Å². The van der Waals surface area contributed by atoms with E-state index in [9.17, 15) is 0 Å². The largest absolute Gasteiger partial charge is 0.379 e. The lowest BCUT2D eigenvalue weighted by atomic mass is 10.2. The Balaban J connectivity index is 1.42. The van der Waals surface area contributed by atoms with Gasteiger partial charge in [0.15, 0.2) is 5.96 Å². The number of para-hydroxylation sites is 1. The summed E-state index contributed by atoms with van der Waals surface area (Å²) in [7, 11) is 0. The second kappa shape index (κ2) is 8.12. The maximum Gasteiger partial charge on any atom is 0.189 e. The lowest BCUT2D eigenvalue weighted by Crippen LogP contribution is -2.39. The summed E-state index contributed by atoms with van der Waals surface area (Å²) in [5.41, 5.74) is 9.13. The van der Waals surface area contributed by atoms with Crippen LogP contribution in [0.3, 0.4) is 0 Å². The second-order valence-electron chi connectivity index (χ2n) is 6.09. The summed E-state index contributed by atoms with van der Waals surface area (Å²) >= 11 is 0. The molecule has 1 aromatic heterocycles. The zero-order valence-corrected chi connectivity index (χ0v) is 14.2. The fraction of sp³-hybridized carbons (Fsp3) is 0.529. The number of rotatable bonds is 6. The minimum absolute atomic E-state index is 0.455. The summed E-state index contributed by atoms with van der Waals surface area (Å²) < 4.78 is 5.34. The Bertz CT molecular complexity index is 689. The van der Waals surface area contributed by atoms with Crippen LogP contribution >= 0.6 is 0 Å². The normalized spacial score (nSPS) is 16.6. The van der Waals surface area contributed by atoms with Gasteiger partial charge in [0.05, 0.1) is 24.2 Å². The summed E-state index contributed by atoms with van der Waals surface area (Å²) in [4.78, 5) is 14.6. The molecule has 2 aromatic rings. The van der Waals surface area contributed by atoms with Crippen LogP contribution in [0.1, 0.15) is 17.8 Å². The monoisotopic (exact) mass is 330 g/mol. The van der Waals surface area contributed by atoms with Crippen LogP contribution in [0, 0.1) is 6.92 Å². The number of H-pyrrole nitrogens is 1. The Morgan fingerprint density at radius 3 is 3.04 bits per heavy atom. The number of hydrogen-bond acceptors (Lipinski definition) is 4. The summed E-state index contributed by atoms with van der Waals surface area (Å²) in [6, 6.07) is 6.10. The molecule has 0 unspecified atom stereocenters. The minimum Gasteiger partial charge on any atom is -0.379 e. The maximum absolute atomic E-state index is 5.93. The zero-order chi connectivity index (χ0) is 16.8. The topological polar surface area (TPSA) is 91.6 Å². The van der Waals surface area contributed by atoms with Gasteiger partial charge in [-0.05, 0) is 31.5 Å². The van der Waals surface area contributed by atoms with Crippen LogP contribution < -0.4 is 11.1 Å². The highest BCUT2D eigenvalue weighted by Crippen LogP contribution is 2.15. The molecule has 0 saturated carbocycles. The number of aromatic amines is 1. The molecule has 3 rings (SSSR count). The number of aliphatic imine (C=N–C) groups is 1. The van der Waals surface area contributed by atoms with Gasteiger partial charge in [-0.15, -0.1) is 0 Å². The second-order valence-corrected chi connectivity index (χ2v) is 6.09. The number of hydrogen-bond donors (Lipinski definition) is 3. The van der Waals surface area contributed by atoms with Crippen molar-refractivity contribution < 1.29 is 4.74 Å². The van der Waals surface area contributed by atoms with Gasteiger partial charge < -0.3 is 20.8 Å². The number of imidazole rings is 1. The molecule has 0 bridgehead atoms. The number of nitrogens with two attached hydrogens (primary N) is 1. The standard InChI is InChI=1S/C17H26N6O/c1-13-4-2-5-14-16(13)22-15(21-14)12-20-17(18)19-6-3-7-23-8-10-24-11-9-23/h2,4-5H,3,6-12H2,1H3,(H,21,22)(H3,18,19,20). The van der Waals surface area contributed by atoms with Gasteiger partial charge in [-0.3, -0.25) is 4.90 Å². The summed E-state index contributed by atoms with van der Waals surface area (Å²) in [5.74, 6) is 1.30. The molecular formula is C17H26N6O. The Morgan fingerprint density at radius 1 is 1.42 bits per heavy atom. The van der Waals surface area contributed by atoms with Crippen LogP contribution in [0.5, 0.6) is 0 Å². The van der Waals surface area contributed by atoms with Crippen LogP contribution in [-0.2, 0) is 11.3 Å². The minimum atomic E-state index is 0.455. The molecule has 1 saturated heterocycles. The fourth-order valence-electron chi connectivity index (χ4n) is 2.86. The lowest BCUT2D eigenvalue weighted by molar-refractivity contribution is 0.0376. The fourth-order valence-corrected chi connectivity index (χ4v) is 2.86. The predicted molar refractivity (Wildman–Crippen MR) is 96.0 cm³/mol. The van der Waals surface area contributed by atoms with E-state index >= 15 is 0 Å². The Labute approximate surface area is 142 Å². The quantitative estimate of drug-likeness (QED) is 0.417. The van der Waals surface area contributed by atoms with E-state index < -0.39 is 0 Å². The zero-order valence-electron chi connectivity index (χ0n) is 14.2. The summed E-state index contributed by atoms with van der Waals surface area (Å²) in [6.45, 7) is 8.13. The van der Waals surface area contributed by atoms with E-state index in [1.54, 1.807) is 0 Å². The first-order valence-corrected chi connectivity index (χ1v) is 8.50. The van der Waals surface area contributed by atoms with Gasteiger partial charge in [-0.2, -0.15) is 0 Å². The van der Waals surface area contributed by atoms with Crippen molar-refractivity contribution in [1.82, 2.24) is 20.2 Å². The number of guanidine groups is 1. The molecule has 7 nitrogen and oxygen atoms in total. The van der Waals surface area contributed by atoms with E-state index in [0.29, 0.717) is 12.5 Å². The third kappa shape index (κ3) is 4.46. The van der Waals surface area contributed by atoms with Crippen LogP contribution in [0.25, 0.3) is 11.0 Å². The molecule has 2 heterocycles. The molecule has 0 atom stereocenters. The molecule has 1 aromatic carbocycles. The molecule has 0 amide bonds. The van der Waals surface area contributed by atoms with Crippen LogP contribution in [0.15, 0.2) is 23.2 Å². The first-order chi connectivity index (χ1) is 11.7. The summed E-state index contributed by atoms with van der Waals surface area (Å²) in [6.07, 6.45) is 1.04. The van der Waals surface area contributed by atoms with Crippen molar-refractivity contribution in [3.05, 3.63) is 29.6 Å². The molecule has 7 heteroatoms. The van der Waals surface area contributed by atoms with E-state index in [-0.39, 0.29) is 0 Å². The molecular weight excluding hydrogens is 304 g/mol. The Morgan fingerprint density at radius 2 is 2.25 bits per heavy atom. The third-order valence-corrected chi connectivity index (χ3v) is 4.22. The van der Waals surface area contributed by atoms with E-state index in [4.69, 9.17) is 10.5 Å². The van der Waals surface area contributed by atoms with Crippen molar-refractivity contribution in [1.29, 1.82) is 0 Å². The smallest absolute Gasteiger partial charge is 0.189 e. The van der Waals surface area contributed by atoms with E-state index in [0.717, 1.165) is 68.2 Å². The molecule has 1 fully saturated rings. The highest BCUT2D eigenvalue weighted by atomic mass is 16.5. The van der Waals surface area contributed by atoms with Gasteiger partial charge >= 0.3 is 0 Å². The van der Waals surface area contributed by atoms with Gasteiger partial charge in [-0.25, -0.2) is 9.98 Å². The van der Waals surface area contributed by atoms with Crippen molar-refractivity contribution in [2.24, 2.45) is 10.7 Å². The molecule has 1 aliphatic rings. The maximum atomic E-state index is 5.93. The van der Waals surface area contributed by atoms with Crippen molar-refractivity contribution in [2.75, 3.05) is 39.4 Å². The number of morpholine rings is 1. The first kappa shape index (κ1) is 16.7.